The highest BCUT2D eigenvalue weighted by Gasteiger charge is 2.43. The lowest BCUT2D eigenvalue weighted by atomic mass is 9.73. The lowest BCUT2D eigenvalue weighted by Gasteiger charge is -2.41. The number of Topliss-reactive ketones (excluding diaryl/α,β-unsaturated/α-hetero) is 1. The molecule has 5 heteroatoms. The van der Waals surface area contributed by atoms with Gasteiger partial charge < -0.3 is 5.11 Å². The number of aliphatic hydroxyl groups excluding tert-OH is 1. The van der Waals surface area contributed by atoms with Crippen molar-refractivity contribution in [3.8, 4) is 0 Å². The van der Waals surface area contributed by atoms with Gasteiger partial charge in [-0.1, -0.05) is 71.8 Å². The monoisotopic (exact) mass is 468 g/mol. The van der Waals surface area contributed by atoms with Crippen LogP contribution in [0.1, 0.15) is 41.9 Å². The van der Waals surface area contributed by atoms with E-state index in [9.17, 15) is 15.3 Å². The van der Waals surface area contributed by atoms with E-state index in [4.69, 9.17) is 11.6 Å². The van der Waals surface area contributed by atoms with Gasteiger partial charge in [0.2, 0.25) is 0 Å². The van der Waals surface area contributed by atoms with Gasteiger partial charge in [0, 0.05) is 45.5 Å². The molecule has 0 fully saturated rings. The number of hydrogen-bond acceptors (Lipinski definition) is 3. The van der Waals surface area contributed by atoms with Gasteiger partial charge in [0.25, 0.3) is 0 Å². The second-order valence-electron chi connectivity index (χ2n) is 8.77. The zero-order valence-electron chi connectivity index (χ0n) is 18.9. The first-order valence-electron chi connectivity index (χ1n) is 11.4. The van der Waals surface area contributed by atoms with E-state index in [1.165, 1.54) is 0 Å². The largest absolute Gasteiger partial charge is 0.507 e. The Morgan fingerprint density at radius 2 is 1.65 bits per heavy atom. The molecule has 5 rings (SSSR count). The van der Waals surface area contributed by atoms with E-state index < -0.39 is 5.92 Å². The van der Waals surface area contributed by atoms with Crippen molar-refractivity contribution in [1.29, 1.82) is 5.41 Å². The number of ketones is 1. The number of aryl methyl sites for hydroxylation is 1. The van der Waals surface area contributed by atoms with Gasteiger partial charge in [-0.05, 0) is 49.6 Å². The number of nitrogens with zero attached hydrogens (tertiary/aromatic N) is 1. The molecule has 0 amide bonds. The van der Waals surface area contributed by atoms with Crippen molar-refractivity contribution in [2.45, 2.75) is 32.1 Å². The third kappa shape index (κ3) is 3.84. The van der Waals surface area contributed by atoms with Crippen molar-refractivity contribution in [3.05, 3.63) is 117 Å². The number of aliphatic hydroxyl groups is 1. The van der Waals surface area contributed by atoms with Crippen LogP contribution in [-0.2, 0) is 4.79 Å². The van der Waals surface area contributed by atoms with Crippen molar-refractivity contribution < 1.29 is 9.90 Å². The second-order valence-corrected chi connectivity index (χ2v) is 9.21. The molecular weight excluding hydrogens is 444 g/mol. The van der Waals surface area contributed by atoms with Crippen molar-refractivity contribution in [2.24, 2.45) is 0 Å². The summed E-state index contributed by atoms with van der Waals surface area (Å²) < 4.78 is 0. The fourth-order valence-electron chi connectivity index (χ4n) is 4.91. The normalized spacial score (nSPS) is 19.8. The van der Waals surface area contributed by atoms with Crippen molar-refractivity contribution in [2.75, 3.05) is 4.90 Å². The third-order valence-electron chi connectivity index (χ3n) is 6.55. The topological polar surface area (TPSA) is 64.4 Å². The summed E-state index contributed by atoms with van der Waals surface area (Å²) in [6.45, 7) is 2.02. The standard InChI is InChI=1S/C29H25ClN2O2/c1-18-10-12-19(13-11-18)25-26-23(8-5-9-24(26)33)32(22-16-14-21(30)15-17-22)29(31)27(25)28(34)20-6-3-2-4-7-20/h2-4,6-7,10-17,25,31,34H,5,8-9H2,1H3/t25-/m1/s1. The van der Waals surface area contributed by atoms with Crippen LogP contribution in [-0.4, -0.2) is 16.7 Å². The number of carbonyl (C=O) groups excluding carboxylic acids is 1. The summed E-state index contributed by atoms with van der Waals surface area (Å²) in [6.07, 6.45) is 1.88. The maximum Gasteiger partial charge on any atom is 0.161 e. The van der Waals surface area contributed by atoms with Gasteiger partial charge in [0.15, 0.2) is 5.78 Å². The van der Waals surface area contributed by atoms with Crippen molar-refractivity contribution >= 4 is 34.7 Å². The minimum atomic E-state index is -0.514. The molecule has 2 N–H and O–H groups in total. The Bertz CT molecular complexity index is 1320. The molecule has 1 aliphatic heterocycles. The number of allylic oxidation sites excluding steroid dienone is 2. The predicted molar refractivity (Wildman–Crippen MR) is 137 cm³/mol. The Balaban J connectivity index is 1.82. The molecule has 0 bridgehead atoms. The number of hydrogen-bond donors (Lipinski definition) is 2. The van der Waals surface area contributed by atoms with Gasteiger partial charge in [-0.25, -0.2) is 0 Å². The number of carbonyl (C=O) groups is 1. The molecule has 4 nitrogen and oxygen atoms in total. The quantitative estimate of drug-likeness (QED) is 0.399. The van der Waals surface area contributed by atoms with E-state index in [-0.39, 0.29) is 17.4 Å². The number of halogens is 1. The van der Waals surface area contributed by atoms with Gasteiger partial charge in [-0.3, -0.25) is 15.1 Å². The molecule has 2 aliphatic rings. The van der Waals surface area contributed by atoms with Crippen LogP contribution in [0, 0.1) is 12.3 Å². The summed E-state index contributed by atoms with van der Waals surface area (Å²) in [7, 11) is 0. The molecule has 0 unspecified atom stereocenters. The van der Waals surface area contributed by atoms with Crippen LogP contribution < -0.4 is 4.90 Å². The van der Waals surface area contributed by atoms with Gasteiger partial charge >= 0.3 is 0 Å². The Morgan fingerprint density at radius 1 is 0.971 bits per heavy atom. The molecule has 0 radical (unpaired) electrons. The van der Waals surface area contributed by atoms with E-state index in [0.717, 1.165) is 28.9 Å². The second kappa shape index (κ2) is 8.96. The van der Waals surface area contributed by atoms with Crippen LogP contribution in [0.15, 0.2) is 95.7 Å². The molecule has 0 spiro atoms. The zero-order chi connectivity index (χ0) is 23.8. The average Bonchev–Trinajstić information content (AvgIpc) is 2.85. The van der Waals surface area contributed by atoms with Crippen LogP contribution in [0.2, 0.25) is 5.02 Å². The van der Waals surface area contributed by atoms with E-state index in [1.807, 2.05) is 78.6 Å². The highest BCUT2D eigenvalue weighted by molar-refractivity contribution is 6.30. The van der Waals surface area contributed by atoms with Gasteiger partial charge in [0.1, 0.15) is 11.6 Å². The summed E-state index contributed by atoms with van der Waals surface area (Å²) >= 11 is 6.14. The first kappa shape index (κ1) is 22.2. The van der Waals surface area contributed by atoms with Crippen molar-refractivity contribution in [3.63, 3.8) is 0 Å². The molecule has 1 heterocycles. The Kier molecular flexibility index (Phi) is 5.84. The molecule has 1 atom stereocenters. The van der Waals surface area contributed by atoms with Crippen LogP contribution in [0.4, 0.5) is 5.69 Å². The maximum absolute atomic E-state index is 13.4. The van der Waals surface area contributed by atoms with Gasteiger partial charge in [-0.15, -0.1) is 0 Å². The summed E-state index contributed by atoms with van der Waals surface area (Å²) in [5, 5.41) is 21.5. The molecule has 0 aromatic heterocycles. The molecule has 34 heavy (non-hydrogen) atoms. The molecule has 0 saturated carbocycles. The molecule has 3 aromatic carbocycles. The molecule has 3 aromatic rings. The van der Waals surface area contributed by atoms with Crippen molar-refractivity contribution in [1.82, 2.24) is 0 Å². The van der Waals surface area contributed by atoms with Crippen LogP contribution in [0.3, 0.4) is 0 Å². The predicted octanol–water partition coefficient (Wildman–Crippen LogP) is 7.21. The zero-order valence-corrected chi connectivity index (χ0v) is 19.6. The smallest absolute Gasteiger partial charge is 0.161 e. The summed E-state index contributed by atoms with van der Waals surface area (Å²) in [5.41, 5.74) is 5.29. The molecule has 0 saturated heterocycles. The Labute approximate surface area is 204 Å². The van der Waals surface area contributed by atoms with Crippen LogP contribution in [0.25, 0.3) is 5.76 Å². The number of rotatable bonds is 3. The summed E-state index contributed by atoms with van der Waals surface area (Å²) in [4.78, 5) is 15.2. The van der Waals surface area contributed by atoms with E-state index >= 15 is 0 Å². The lowest BCUT2D eigenvalue weighted by molar-refractivity contribution is -0.116. The van der Waals surface area contributed by atoms with Gasteiger partial charge in [-0.2, -0.15) is 0 Å². The van der Waals surface area contributed by atoms with Gasteiger partial charge in [0.05, 0.1) is 0 Å². The maximum atomic E-state index is 13.4. The summed E-state index contributed by atoms with van der Waals surface area (Å²) in [6, 6.07) is 24.5. The number of benzene rings is 3. The number of amidine groups is 1. The third-order valence-corrected chi connectivity index (χ3v) is 6.80. The van der Waals surface area contributed by atoms with E-state index in [1.54, 1.807) is 12.1 Å². The highest BCUT2D eigenvalue weighted by Crippen LogP contribution is 2.47. The fraction of sp³-hybridized carbons (Fsp3) is 0.172. The fourth-order valence-corrected chi connectivity index (χ4v) is 5.04. The number of nitrogens with one attached hydrogen (secondary N) is 1. The van der Waals surface area contributed by atoms with E-state index in [2.05, 4.69) is 0 Å². The lowest BCUT2D eigenvalue weighted by Crippen LogP contribution is -2.42. The van der Waals surface area contributed by atoms with Crippen LogP contribution in [0.5, 0.6) is 0 Å². The summed E-state index contributed by atoms with van der Waals surface area (Å²) in [5.74, 6) is -0.265. The first-order valence-corrected chi connectivity index (χ1v) is 11.8. The minimum Gasteiger partial charge on any atom is -0.507 e. The highest BCUT2D eigenvalue weighted by atomic mass is 35.5. The number of anilines is 1. The average molecular weight is 469 g/mol. The Morgan fingerprint density at radius 3 is 2.32 bits per heavy atom. The first-order chi connectivity index (χ1) is 16.5. The SMILES string of the molecule is Cc1ccc([C@H]2C(=C(O)c3ccccc3)C(=N)N(c3ccc(Cl)cc3)C3=C2C(=O)CCC3)cc1. The molecule has 170 valence electrons. The minimum absolute atomic E-state index is 0.0139. The Hall–Kier alpha value is -3.63. The molecular formula is C29H25ClN2O2. The van der Waals surface area contributed by atoms with E-state index in [0.29, 0.717) is 34.6 Å². The van der Waals surface area contributed by atoms with Crippen LogP contribution >= 0.6 is 11.6 Å². The molecule has 1 aliphatic carbocycles.